The Morgan fingerprint density at radius 1 is 1.13 bits per heavy atom. The monoisotopic (exact) mass is 466 g/mol. The normalized spacial score (nSPS) is 15.0. The summed E-state index contributed by atoms with van der Waals surface area (Å²) in [5.41, 5.74) is 1.65. The van der Waals surface area contributed by atoms with E-state index in [4.69, 9.17) is 11.6 Å². The number of hydrogen-bond donors (Lipinski definition) is 2. The van der Waals surface area contributed by atoms with Gasteiger partial charge in [0.1, 0.15) is 4.90 Å². The number of carbonyl (C=O) groups is 1. The second-order valence-corrected chi connectivity index (χ2v) is 11.0. The zero-order chi connectivity index (χ0) is 21.6. The zero-order valence-corrected chi connectivity index (χ0v) is 19.4. The third kappa shape index (κ3) is 6.40. The van der Waals surface area contributed by atoms with Crippen LogP contribution >= 0.6 is 23.4 Å². The van der Waals surface area contributed by atoms with E-state index in [1.54, 1.807) is 18.2 Å². The summed E-state index contributed by atoms with van der Waals surface area (Å²) in [6.45, 7) is 2.43. The first-order chi connectivity index (χ1) is 14.3. The minimum Gasteiger partial charge on any atom is -0.351 e. The van der Waals surface area contributed by atoms with Crippen LogP contribution in [0.1, 0.15) is 48.0 Å². The van der Waals surface area contributed by atoms with Crippen molar-refractivity contribution in [3.63, 3.8) is 0 Å². The molecule has 0 unspecified atom stereocenters. The Balaban J connectivity index is 1.62. The predicted octanol–water partition coefficient (Wildman–Crippen LogP) is 5.24. The second-order valence-electron chi connectivity index (χ2n) is 7.51. The van der Waals surface area contributed by atoms with Crippen LogP contribution < -0.4 is 10.0 Å². The smallest absolute Gasteiger partial charge is 0.263 e. The summed E-state index contributed by atoms with van der Waals surface area (Å²) >= 11 is 8.05. The first kappa shape index (κ1) is 23.0. The van der Waals surface area contributed by atoms with Crippen molar-refractivity contribution in [1.29, 1.82) is 0 Å². The van der Waals surface area contributed by atoms with Crippen LogP contribution in [0.25, 0.3) is 0 Å². The van der Waals surface area contributed by atoms with Crippen LogP contribution in [0.5, 0.6) is 0 Å². The van der Waals surface area contributed by atoms with Crippen LogP contribution in [-0.2, 0) is 10.0 Å². The molecule has 5 nitrogen and oxygen atoms in total. The molecule has 1 saturated carbocycles. The molecule has 8 heteroatoms. The Labute approximate surface area is 188 Å². The highest BCUT2D eigenvalue weighted by Gasteiger charge is 2.21. The molecule has 0 atom stereocenters. The summed E-state index contributed by atoms with van der Waals surface area (Å²) in [6, 6.07) is 11.3. The fourth-order valence-corrected chi connectivity index (χ4v) is 6.29. The van der Waals surface area contributed by atoms with E-state index in [9.17, 15) is 13.2 Å². The maximum atomic E-state index is 12.8. The second kappa shape index (κ2) is 10.6. The number of thioether (sulfide) groups is 1. The number of nitrogens with one attached hydrogen (secondary N) is 2. The van der Waals surface area contributed by atoms with Crippen LogP contribution in [0, 0.1) is 6.92 Å². The highest BCUT2D eigenvalue weighted by molar-refractivity contribution is 7.99. The molecule has 3 rings (SSSR count). The third-order valence-corrected chi connectivity index (χ3v) is 8.29. The molecule has 0 aromatic heterocycles. The Kier molecular flexibility index (Phi) is 8.08. The van der Waals surface area contributed by atoms with Gasteiger partial charge in [-0.3, -0.25) is 9.52 Å². The van der Waals surface area contributed by atoms with Gasteiger partial charge in [-0.2, -0.15) is 11.8 Å². The van der Waals surface area contributed by atoms with Gasteiger partial charge < -0.3 is 5.32 Å². The maximum absolute atomic E-state index is 12.8. The quantitative estimate of drug-likeness (QED) is 0.521. The lowest BCUT2D eigenvalue weighted by atomic mass is 10.0. The van der Waals surface area contributed by atoms with Crippen LogP contribution in [-0.4, -0.2) is 31.9 Å². The fourth-order valence-electron chi connectivity index (χ4n) is 3.49. The summed E-state index contributed by atoms with van der Waals surface area (Å²) in [7, 11) is -3.92. The molecule has 1 fully saturated rings. The Morgan fingerprint density at radius 3 is 2.63 bits per heavy atom. The summed E-state index contributed by atoms with van der Waals surface area (Å²) in [5.74, 6) is 0.548. The highest BCUT2D eigenvalue weighted by atomic mass is 35.5. The van der Waals surface area contributed by atoms with Crippen molar-refractivity contribution in [2.75, 3.05) is 17.0 Å². The molecule has 0 aliphatic heterocycles. The van der Waals surface area contributed by atoms with Crippen molar-refractivity contribution in [1.82, 2.24) is 5.32 Å². The average molecular weight is 467 g/mol. The molecule has 2 aromatic rings. The lowest BCUT2D eigenvalue weighted by Gasteiger charge is -2.20. The first-order valence-corrected chi connectivity index (χ1v) is 13.0. The molecule has 1 aliphatic rings. The molecule has 0 radical (unpaired) electrons. The molecule has 0 saturated heterocycles. The topological polar surface area (TPSA) is 75.3 Å². The standard InChI is InChI=1S/C22H27ClN2O3S2/c1-16-6-5-7-18(14-16)25-30(27,28)21-15-17(10-11-20(21)23)22(26)24-12-13-29-19-8-3-2-4-9-19/h5-7,10-11,14-15,19,25H,2-4,8-9,12-13H2,1H3,(H,24,26). The van der Waals surface area contributed by atoms with Crippen LogP contribution in [0.4, 0.5) is 5.69 Å². The average Bonchev–Trinajstić information content (AvgIpc) is 2.71. The van der Waals surface area contributed by atoms with Crippen molar-refractivity contribution in [2.45, 2.75) is 49.2 Å². The van der Waals surface area contributed by atoms with Crippen molar-refractivity contribution >= 4 is 45.0 Å². The Hall–Kier alpha value is -1.70. The number of amides is 1. The van der Waals surface area contributed by atoms with Gasteiger partial charge >= 0.3 is 0 Å². The van der Waals surface area contributed by atoms with E-state index in [0.717, 1.165) is 11.3 Å². The summed E-state index contributed by atoms with van der Waals surface area (Å²) < 4.78 is 28.2. The summed E-state index contributed by atoms with van der Waals surface area (Å²) in [5, 5.41) is 3.64. The lowest BCUT2D eigenvalue weighted by Crippen LogP contribution is -2.27. The van der Waals surface area contributed by atoms with Crippen molar-refractivity contribution in [2.24, 2.45) is 0 Å². The Morgan fingerprint density at radius 2 is 1.90 bits per heavy atom. The minimum atomic E-state index is -3.92. The minimum absolute atomic E-state index is 0.0690. The summed E-state index contributed by atoms with van der Waals surface area (Å²) in [4.78, 5) is 12.4. The molecule has 1 aliphatic carbocycles. The molecule has 0 bridgehead atoms. The van der Waals surface area contributed by atoms with Crippen LogP contribution in [0.2, 0.25) is 5.02 Å². The molecule has 162 valence electrons. The van der Waals surface area contributed by atoms with E-state index >= 15 is 0 Å². The summed E-state index contributed by atoms with van der Waals surface area (Å²) in [6.07, 6.45) is 6.43. The van der Waals surface area contributed by atoms with E-state index < -0.39 is 10.0 Å². The van der Waals surface area contributed by atoms with Crippen molar-refractivity contribution < 1.29 is 13.2 Å². The number of hydrogen-bond acceptors (Lipinski definition) is 4. The van der Waals surface area contributed by atoms with E-state index in [0.29, 0.717) is 17.5 Å². The van der Waals surface area contributed by atoms with Gasteiger partial charge in [0.05, 0.1) is 5.02 Å². The van der Waals surface area contributed by atoms with Gasteiger partial charge in [0.15, 0.2) is 0 Å². The maximum Gasteiger partial charge on any atom is 0.263 e. The number of carbonyl (C=O) groups excluding carboxylic acids is 1. The van der Waals surface area contributed by atoms with Crippen molar-refractivity contribution in [3.05, 3.63) is 58.6 Å². The molecular weight excluding hydrogens is 440 g/mol. The van der Waals surface area contributed by atoms with Crippen LogP contribution in [0.15, 0.2) is 47.4 Å². The number of aryl methyl sites for hydroxylation is 1. The predicted molar refractivity (Wildman–Crippen MR) is 125 cm³/mol. The third-order valence-electron chi connectivity index (χ3n) is 5.05. The number of anilines is 1. The van der Waals surface area contributed by atoms with Crippen molar-refractivity contribution in [3.8, 4) is 0 Å². The fraction of sp³-hybridized carbons (Fsp3) is 0.409. The van der Waals surface area contributed by atoms with Gasteiger partial charge in [0.2, 0.25) is 0 Å². The largest absolute Gasteiger partial charge is 0.351 e. The van der Waals surface area contributed by atoms with E-state index in [-0.39, 0.29) is 21.4 Å². The Bertz CT molecular complexity index is 990. The zero-order valence-electron chi connectivity index (χ0n) is 17.0. The molecule has 1 amide bonds. The van der Waals surface area contributed by atoms with E-state index in [2.05, 4.69) is 10.0 Å². The molecule has 2 N–H and O–H groups in total. The SMILES string of the molecule is Cc1cccc(NS(=O)(=O)c2cc(C(=O)NCCSC3CCCCC3)ccc2Cl)c1. The van der Waals surface area contributed by atoms with Gasteiger partial charge in [-0.15, -0.1) is 0 Å². The number of rotatable bonds is 8. The van der Waals surface area contributed by atoms with Gasteiger partial charge in [-0.05, 0) is 55.7 Å². The van der Waals surface area contributed by atoms with Gasteiger partial charge in [-0.1, -0.05) is 43.0 Å². The number of benzene rings is 2. The molecule has 0 spiro atoms. The number of halogens is 1. The number of sulfonamides is 1. The molecule has 2 aromatic carbocycles. The first-order valence-electron chi connectivity index (χ1n) is 10.1. The molecular formula is C22H27ClN2O3S2. The lowest BCUT2D eigenvalue weighted by molar-refractivity contribution is 0.0956. The van der Waals surface area contributed by atoms with Gasteiger partial charge in [-0.25, -0.2) is 8.42 Å². The highest BCUT2D eigenvalue weighted by Crippen LogP contribution is 2.28. The van der Waals surface area contributed by atoms with Crippen LogP contribution in [0.3, 0.4) is 0 Å². The van der Waals surface area contributed by atoms with E-state index in [1.807, 2.05) is 24.8 Å². The van der Waals surface area contributed by atoms with Gasteiger partial charge in [0.25, 0.3) is 15.9 Å². The van der Waals surface area contributed by atoms with Gasteiger partial charge in [0, 0.05) is 28.8 Å². The molecule has 0 heterocycles. The van der Waals surface area contributed by atoms with E-state index in [1.165, 1.54) is 50.3 Å². The molecule has 30 heavy (non-hydrogen) atoms.